The third-order valence-electron chi connectivity index (χ3n) is 1.90. The van der Waals surface area contributed by atoms with Crippen molar-refractivity contribution in [3.8, 4) is 5.75 Å². The number of halogens is 3. The van der Waals surface area contributed by atoms with E-state index in [-0.39, 0.29) is 18.2 Å². The van der Waals surface area contributed by atoms with E-state index in [0.717, 1.165) is 0 Å². The minimum atomic E-state index is -0.769. The minimum Gasteiger partial charge on any atom is -0.507 e. The number of rotatable bonds is 2. The molecule has 1 aromatic rings. The van der Waals surface area contributed by atoms with Gasteiger partial charge >= 0.3 is 0 Å². The maximum Gasteiger partial charge on any atom is 0.124 e. The lowest BCUT2D eigenvalue weighted by Crippen LogP contribution is -2.13. The predicted octanol–water partition coefficient (Wildman–Crippen LogP) is 2.85. The number of phenols is 1. The fraction of sp³-hybridized carbons (Fsp3) is 0.333. The van der Waals surface area contributed by atoms with E-state index in [2.05, 4.69) is 15.9 Å². The third-order valence-corrected chi connectivity index (χ3v) is 2.59. The van der Waals surface area contributed by atoms with Crippen LogP contribution < -0.4 is 5.73 Å². The Balaban J connectivity index is 0.00000169. The van der Waals surface area contributed by atoms with Gasteiger partial charge in [0.2, 0.25) is 0 Å². The maximum absolute atomic E-state index is 12.3. The molecular weight excluding hydrogens is 272 g/mol. The van der Waals surface area contributed by atoms with Gasteiger partial charge in [0.25, 0.3) is 0 Å². The molecular formula is C9H12BrClFNO. The number of nitrogens with two attached hydrogens (primary N) is 1. The van der Waals surface area contributed by atoms with Crippen molar-refractivity contribution < 1.29 is 9.50 Å². The normalized spacial score (nSPS) is 12.0. The van der Waals surface area contributed by atoms with Gasteiger partial charge in [0.15, 0.2) is 0 Å². The highest BCUT2D eigenvalue weighted by Crippen LogP contribution is 2.33. The zero-order valence-corrected chi connectivity index (χ0v) is 10.0. The molecule has 80 valence electrons. The fourth-order valence-corrected chi connectivity index (χ4v) is 1.74. The van der Waals surface area contributed by atoms with Gasteiger partial charge in [-0.1, -0.05) is 22.0 Å². The van der Waals surface area contributed by atoms with Crippen molar-refractivity contribution >= 4 is 28.3 Å². The average molecular weight is 285 g/mol. The van der Waals surface area contributed by atoms with Crippen LogP contribution in [-0.2, 0) is 0 Å². The lowest BCUT2D eigenvalue weighted by atomic mass is 10.0. The lowest BCUT2D eigenvalue weighted by Gasteiger charge is -2.13. The number of aromatic hydroxyl groups is 1. The molecule has 0 fully saturated rings. The molecule has 0 heterocycles. The molecule has 0 spiro atoms. The van der Waals surface area contributed by atoms with Gasteiger partial charge in [-0.15, -0.1) is 12.4 Å². The Bertz CT molecular complexity index is 322. The Hall–Kier alpha value is -0.320. The maximum atomic E-state index is 12.3. The van der Waals surface area contributed by atoms with Gasteiger partial charge in [-0.3, -0.25) is 0 Å². The van der Waals surface area contributed by atoms with Gasteiger partial charge in [-0.2, -0.15) is 0 Å². The van der Waals surface area contributed by atoms with E-state index in [0.29, 0.717) is 15.6 Å². The zero-order valence-electron chi connectivity index (χ0n) is 7.63. The smallest absolute Gasteiger partial charge is 0.124 e. The zero-order chi connectivity index (χ0) is 10.0. The largest absolute Gasteiger partial charge is 0.507 e. The summed E-state index contributed by atoms with van der Waals surface area (Å²) in [4.78, 5) is 0. The van der Waals surface area contributed by atoms with E-state index in [1.54, 1.807) is 19.1 Å². The summed E-state index contributed by atoms with van der Waals surface area (Å²) in [5.41, 5.74) is 6.63. The Labute approximate surface area is 96.8 Å². The molecule has 0 aliphatic rings. The molecule has 0 aromatic heterocycles. The monoisotopic (exact) mass is 283 g/mol. The number of hydrogen-bond donors (Lipinski definition) is 2. The van der Waals surface area contributed by atoms with Crippen molar-refractivity contribution in [2.75, 3.05) is 6.67 Å². The van der Waals surface area contributed by atoms with Gasteiger partial charge in [0.1, 0.15) is 12.4 Å². The van der Waals surface area contributed by atoms with E-state index < -0.39 is 12.7 Å². The van der Waals surface area contributed by atoms with Crippen LogP contribution in [0.1, 0.15) is 17.2 Å². The van der Waals surface area contributed by atoms with Crippen LogP contribution in [0.25, 0.3) is 0 Å². The van der Waals surface area contributed by atoms with Crippen LogP contribution in [0.2, 0.25) is 0 Å². The molecule has 3 N–H and O–H groups in total. The Morgan fingerprint density at radius 3 is 2.64 bits per heavy atom. The Morgan fingerprint density at radius 1 is 1.57 bits per heavy atom. The summed E-state index contributed by atoms with van der Waals surface area (Å²) < 4.78 is 12.9. The molecule has 0 saturated heterocycles. The molecule has 1 rings (SSSR count). The second kappa shape index (κ2) is 5.53. The number of alkyl halides is 1. The van der Waals surface area contributed by atoms with E-state index in [1.165, 1.54) is 0 Å². The van der Waals surface area contributed by atoms with Gasteiger partial charge in [0.05, 0.1) is 6.04 Å². The highest BCUT2D eigenvalue weighted by Gasteiger charge is 2.15. The molecule has 1 aromatic carbocycles. The average Bonchev–Trinajstić information content (AvgIpc) is 2.12. The number of benzene rings is 1. The summed E-state index contributed by atoms with van der Waals surface area (Å²) in [6.45, 7) is 1.06. The highest BCUT2D eigenvalue weighted by atomic mass is 79.9. The molecule has 0 unspecified atom stereocenters. The van der Waals surface area contributed by atoms with Crippen LogP contribution in [0.5, 0.6) is 5.75 Å². The summed E-state index contributed by atoms with van der Waals surface area (Å²) in [7, 11) is 0. The van der Waals surface area contributed by atoms with Crippen molar-refractivity contribution in [1.29, 1.82) is 0 Å². The number of phenolic OH excluding ortho intramolecular Hbond substituents is 1. The van der Waals surface area contributed by atoms with E-state index in [1.807, 2.05) is 0 Å². The van der Waals surface area contributed by atoms with Crippen LogP contribution in [0, 0.1) is 6.92 Å². The summed E-state index contributed by atoms with van der Waals surface area (Å²) in [6, 6.07) is 2.72. The van der Waals surface area contributed by atoms with Crippen LogP contribution in [0.15, 0.2) is 16.6 Å². The molecule has 0 radical (unpaired) electrons. The quantitative estimate of drug-likeness (QED) is 0.877. The molecule has 0 aliphatic carbocycles. The summed E-state index contributed by atoms with van der Waals surface area (Å²) in [5, 5.41) is 9.60. The van der Waals surface area contributed by atoms with Crippen LogP contribution in [0.3, 0.4) is 0 Å². The molecule has 1 atom stereocenters. The second-order valence-electron chi connectivity index (χ2n) is 2.89. The van der Waals surface area contributed by atoms with Crippen molar-refractivity contribution in [2.24, 2.45) is 5.73 Å². The first-order chi connectivity index (χ1) is 6.07. The minimum absolute atomic E-state index is 0. The lowest BCUT2D eigenvalue weighted by molar-refractivity contribution is 0.412. The van der Waals surface area contributed by atoms with E-state index in [9.17, 15) is 9.50 Å². The third kappa shape index (κ3) is 2.59. The van der Waals surface area contributed by atoms with Crippen molar-refractivity contribution in [1.82, 2.24) is 0 Å². The van der Waals surface area contributed by atoms with Gasteiger partial charge in [-0.25, -0.2) is 4.39 Å². The summed E-state index contributed by atoms with van der Waals surface area (Å²) >= 11 is 3.22. The first-order valence-electron chi connectivity index (χ1n) is 3.87. The van der Waals surface area contributed by atoms with Crippen LogP contribution in [-0.4, -0.2) is 11.8 Å². The van der Waals surface area contributed by atoms with Crippen molar-refractivity contribution in [3.05, 3.63) is 27.7 Å². The number of hydrogen-bond acceptors (Lipinski definition) is 2. The summed E-state index contributed by atoms with van der Waals surface area (Å²) in [5.74, 6) is 0.0690. The Morgan fingerprint density at radius 2 is 2.14 bits per heavy atom. The number of aryl methyl sites for hydroxylation is 1. The SMILES string of the molecule is Cc1ccc(Br)c([C@@H](N)CF)c1O.Cl. The highest BCUT2D eigenvalue weighted by molar-refractivity contribution is 9.10. The van der Waals surface area contributed by atoms with Crippen LogP contribution in [0.4, 0.5) is 4.39 Å². The van der Waals surface area contributed by atoms with E-state index in [4.69, 9.17) is 5.73 Å². The fourth-order valence-electron chi connectivity index (χ4n) is 1.12. The van der Waals surface area contributed by atoms with Crippen molar-refractivity contribution in [2.45, 2.75) is 13.0 Å². The summed E-state index contributed by atoms with van der Waals surface area (Å²) in [6.07, 6.45) is 0. The predicted molar refractivity (Wildman–Crippen MR) is 60.7 cm³/mol. The molecule has 0 saturated carbocycles. The molecule has 0 aliphatic heterocycles. The van der Waals surface area contributed by atoms with Gasteiger partial charge < -0.3 is 10.8 Å². The molecule has 2 nitrogen and oxygen atoms in total. The molecule has 14 heavy (non-hydrogen) atoms. The van der Waals surface area contributed by atoms with Crippen LogP contribution >= 0.6 is 28.3 Å². The van der Waals surface area contributed by atoms with Gasteiger partial charge in [0, 0.05) is 10.0 Å². The first kappa shape index (κ1) is 13.7. The Kier molecular flexibility index (Phi) is 5.41. The first-order valence-corrected chi connectivity index (χ1v) is 4.66. The van der Waals surface area contributed by atoms with Crippen molar-refractivity contribution in [3.63, 3.8) is 0 Å². The second-order valence-corrected chi connectivity index (χ2v) is 3.74. The molecule has 0 bridgehead atoms. The molecule has 5 heteroatoms. The topological polar surface area (TPSA) is 46.2 Å². The molecule has 0 amide bonds. The van der Waals surface area contributed by atoms with Gasteiger partial charge in [-0.05, 0) is 18.6 Å². The standard InChI is InChI=1S/C9H11BrFNO.ClH/c1-5-2-3-6(10)8(9(5)13)7(12)4-11;/h2-3,7,13H,4,12H2,1H3;1H/t7-;/m0./s1. The van der Waals surface area contributed by atoms with E-state index >= 15 is 0 Å².